The average molecular weight is 298 g/mol. The van der Waals surface area contributed by atoms with Crippen molar-refractivity contribution in [3.63, 3.8) is 0 Å². The summed E-state index contributed by atoms with van der Waals surface area (Å²) in [4.78, 5) is 16.4. The van der Waals surface area contributed by atoms with Crippen LogP contribution in [0, 0.1) is 18.6 Å². The van der Waals surface area contributed by atoms with Crippen molar-refractivity contribution in [3.8, 4) is 0 Å². The van der Waals surface area contributed by atoms with E-state index in [2.05, 4.69) is 15.0 Å². The summed E-state index contributed by atoms with van der Waals surface area (Å²) in [7, 11) is 1.11. The minimum absolute atomic E-state index is 0.0250. The maximum absolute atomic E-state index is 13.8. The highest BCUT2D eigenvalue weighted by Gasteiger charge is 2.19. The summed E-state index contributed by atoms with van der Waals surface area (Å²) in [6.07, 6.45) is 1.71. The highest BCUT2D eigenvalue weighted by molar-refractivity contribution is 7.11. The van der Waals surface area contributed by atoms with Gasteiger partial charge in [0.05, 0.1) is 24.9 Å². The van der Waals surface area contributed by atoms with Crippen molar-refractivity contribution in [1.82, 2.24) is 4.98 Å². The van der Waals surface area contributed by atoms with E-state index in [4.69, 9.17) is 0 Å². The Morgan fingerprint density at radius 1 is 1.40 bits per heavy atom. The molecule has 0 radical (unpaired) electrons. The molecule has 0 aliphatic carbocycles. The van der Waals surface area contributed by atoms with Crippen LogP contribution in [-0.2, 0) is 11.3 Å². The van der Waals surface area contributed by atoms with Crippen LogP contribution in [0.5, 0.6) is 0 Å². The van der Waals surface area contributed by atoms with Crippen LogP contribution in [0.15, 0.2) is 18.3 Å². The Labute approximate surface area is 118 Å². The smallest absolute Gasteiger partial charge is 0.340 e. The van der Waals surface area contributed by atoms with Gasteiger partial charge >= 0.3 is 5.97 Å². The number of thiazole rings is 1. The van der Waals surface area contributed by atoms with Crippen molar-refractivity contribution in [1.29, 1.82) is 0 Å². The Kier molecular flexibility index (Phi) is 4.29. The third kappa shape index (κ3) is 2.93. The van der Waals surface area contributed by atoms with Gasteiger partial charge in [0.25, 0.3) is 0 Å². The van der Waals surface area contributed by atoms with Gasteiger partial charge in [-0.3, -0.25) is 0 Å². The first kappa shape index (κ1) is 14.4. The predicted octanol–water partition coefficient (Wildman–Crippen LogP) is 3.13. The molecule has 0 spiro atoms. The summed E-state index contributed by atoms with van der Waals surface area (Å²) in [5, 5.41) is 3.51. The third-order valence-electron chi connectivity index (χ3n) is 2.59. The minimum atomic E-state index is -1.22. The monoisotopic (exact) mass is 298 g/mol. The molecule has 106 valence electrons. The average Bonchev–Trinajstić information content (AvgIpc) is 2.85. The number of aromatic nitrogens is 1. The van der Waals surface area contributed by atoms with Gasteiger partial charge in [-0.25, -0.2) is 18.6 Å². The summed E-state index contributed by atoms with van der Waals surface area (Å²) < 4.78 is 31.9. The van der Waals surface area contributed by atoms with Gasteiger partial charge in [0.2, 0.25) is 0 Å². The Morgan fingerprint density at radius 3 is 2.75 bits per heavy atom. The SMILES string of the molecule is COC(=O)c1ccc(NCc2ncc(C)s2)c(F)c1F. The molecular formula is C13H12F2N2O2S. The number of rotatable bonds is 4. The fourth-order valence-corrected chi connectivity index (χ4v) is 2.33. The number of ether oxygens (including phenoxy) is 1. The molecule has 0 saturated heterocycles. The largest absolute Gasteiger partial charge is 0.465 e. The van der Waals surface area contributed by atoms with Crippen molar-refractivity contribution < 1.29 is 18.3 Å². The molecule has 0 fully saturated rings. The van der Waals surface area contributed by atoms with E-state index in [0.29, 0.717) is 0 Å². The highest BCUT2D eigenvalue weighted by atomic mass is 32.1. The number of benzene rings is 1. The third-order valence-corrected chi connectivity index (χ3v) is 3.50. The first-order valence-electron chi connectivity index (χ1n) is 5.74. The van der Waals surface area contributed by atoms with Crippen LogP contribution >= 0.6 is 11.3 Å². The zero-order valence-electron chi connectivity index (χ0n) is 10.9. The maximum Gasteiger partial charge on any atom is 0.340 e. The Bertz CT molecular complexity index is 643. The van der Waals surface area contributed by atoms with E-state index in [-0.39, 0.29) is 12.2 Å². The number of methoxy groups -OCH3 is 1. The van der Waals surface area contributed by atoms with Gasteiger partial charge in [-0.15, -0.1) is 11.3 Å². The van der Waals surface area contributed by atoms with Crippen molar-refractivity contribution in [2.75, 3.05) is 12.4 Å². The van der Waals surface area contributed by atoms with Crippen molar-refractivity contribution in [2.24, 2.45) is 0 Å². The van der Waals surface area contributed by atoms with Gasteiger partial charge in [0.1, 0.15) is 5.01 Å². The van der Waals surface area contributed by atoms with Crippen molar-refractivity contribution in [3.05, 3.63) is 45.4 Å². The Morgan fingerprint density at radius 2 is 2.15 bits per heavy atom. The van der Waals surface area contributed by atoms with Crippen LogP contribution < -0.4 is 5.32 Å². The number of carbonyl (C=O) groups excluding carboxylic acids is 1. The molecule has 0 bridgehead atoms. The molecule has 0 aliphatic heterocycles. The van der Waals surface area contributed by atoms with E-state index in [0.717, 1.165) is 17.0 Å². The van der Waals surface area contributed by atoms with Crippen molar-refractivity contribution in [2.45, 2.75) is 13.5 Å². The van der Waals surface area contributed by atoms with Crippen LogP contribution in [-0.4, -0.2) is 18.1 Å². The van der Waals surface area contributed by atoms with Crippen molar-refractivity contribution >= 4 is 23.0 Å². The molecular weight excluding hydrogens is 286 g/mol. The number of hydrogen-bond donors (Lipinski definition) is 1. The molecule has 1 heterocycles. The molecule has 1 N–H and O–H groups in total. The van der Waals surface area contributed by atoms with E-state index >= 15 is 0 Å². The molecule has 0 aliphatic rings. The van der Waals surface area contributed by atoms with Crippen LogP contribution in [0.4, 0.5) is 14.5 Å². The van der Waals surface area contributed by atoms with E-state index in [1.165, 1.54) is 23.5 Å². The molecule has 2 aromatic rings. The van der Waals surface area contributed by atoms with Gasteiger partial charge in [-0.1, -0.05) is 0 Å². The predicted molar refractivity (Wildman–Crippen MR) is 71.9 cm³/mol. The molecule has 0 unspecified atom stereocenters. The summed E-state index contributed by atoms with van der Waals surface area (Å²) in [6, 6.07) is 2.48. The molecule has 1 aromatic carbocycles. The number of aryl methyl sites for hydroxylation is 1. The zero-order valence-corrected chi connectivity index (χ0v) is 11.7. The second-order valence-electron chi connectivity index (χ2n) is 4.00. The summed E-state index contributed by atoms with van der Waals surface area (Å²) in [6.45, 7) is 2.19. The van der Waals surface area contributed by atoms with E-state index < -0.39 is 23.2 Å². The lowest BCUT2D eigenvalue weighted by atomic mass is 10.2. The molecule has 0 saturated carbocycles. The number of nitrogens with one attached hydrogen (secondary N) is 1. The van der Waals surface area contributed by atoms with Crippen LogP contribution in [0.2, 0.25) is 0 Å². The zero-order chi connectivity index (χ0) is 14.7. The van der Waals surface area contributed by atoms with E-state index in [1.807, 2.05) is 6.92 Å². The molecule has 4 nitrogen and oxygen atoms in total. The fraction of sp³-hybridized carbons (Fsp3) is 0.231. The Balaban J connectivity index is 2.17. The van der Waals surface area contributed by atoms with Gasteiger partial charge in [0, 0.05) is 11.1 Å². The number of esters is 1. The highest BCUT2D eigenvalue weighted by Crippen LogP contribution is 2.22. The lowest BCUT2D eigenvalue weighted by Gasteiger charge is -2.08. The first-order valence-corrected chi connectivity index (χ1v) is 6.56. The molecule has 0 atom stereocenters. The normalized spacial score (nSPS) is 10.4. The topological polar surface area (TPSA) is 51.2 Å². The van der Waals surface area contributed by atoms with E-state index in [1.54, 1.807) is 6.20 Å². The molecule has 0 amide bonds. The second kappa shape index (κ2) is 5.96. The van der Waals surface area contributed by atoms with Gasteiger partial charge in [0.15, 0.2) is 11.6 Å². The number of anilines is 1. The number of halogens is 2. The van der Waals surface area contributed by atoms with Gasteiger partial charge in [-0.05, 0) is 19.1 Å². The van der Waals surface area contributed by atoms with Crippen LogP contribution in [0.1, 0.15) is 20.2 Å². The molecule has 2 rings (SSSR count). The van der Waals surface area contributed by atoms with Gasteiger partial charge < -0.3 is 10.1 Å². The lowest BCUT2D eigenvalue weighted by Crippen LogP contribution is -2.09. The minimum Gasteiger partial charge on any atom is -0.465 e. The number of nitrogens with zero attached hydrogens (tertiary/aromatic N) is 1. The van der Waals surface area contributed by atoms with Crippen LogP contribution in [0.3, 0.4) is 0 Å². The molecule has 20 heavy (non-hydrogen) atoms. The number of carbonyl (C=O) groups is 1. The summed E-state index contributed by atoms with van der Waals surface area (Å²) >= 11 is 1.46. The number of hydrogen-bond acceptors (Lipinski definition) is 5. The lowest BCUT2D eigenvalue weighted by molar-refractivity contribution is 0.0594. The van der Waals surface area contributed by atoms with Crippen LogP contribution in [0.25, 0.3) is 0 Å². The van der Waals surface area contributed by atoms with E-state index in [9.17, 15) is 13.6 Å². The second-order valence-corrected chi connectivity index (χ2v) is 5.32. The summed E-state index contributed by atoms with van der Waals surface area (Å²) in [5.41, 5.74) is -0.455. The fourth-order valence-electron chi connectivity index (χ4n) is 1.61. The maximum atomic E-state index is 13.8. The Hall–Kier alpha value is -2.02. The summed E-state index contributed by atoms with van der Waals surface area (Å²) in [5.74, 6) is -3.25. The standard InChI is InChI=1S/C13H12F2N2O2S/c1-7-5-17-10(20-7)6-16-9-4-3-8(13(18)19-2)11(14)12(9)15/h3-5,16H,6H2,1-2H3. The quantitative estimate of drug-likeness (QED) is 0.881. The van der Waals surface area contributed by atoms with Gasteiger partial charge in [-0.2, -0.15) is 0 Å². The molecule has 1 aromatic heterocycles. The molecule has 7 heteroatoms. The first-order chi connectivity index (χ1) is 9.52.